The van der Waals surface area contributed by atoms with Crippen molar-refractivity contribution in [2.75, 3.05) is 6.54 Å². The summed E-state index contributed by atoms with van der Waals surface area (Å²) in [5.74, 6) is -1.01. The molecule has 0 saturated heterocycles. The molecular weight excluding hydrogens is 234 g/mol. The number of hydrogen-bond donors (Lipinski definition) is 2. The van der Waals surface area contributed by atoms with Gasteiger partial charge in [0.2, 0.25) is 0 Å². The van der Waals surface area contributed by atoms with Gasteiger partial charge in [-0.25, -0.2) is 8.78 Å². The van der Waals surface area contributed by atoms with E-state index in [9.17, 15) is 8.78 Å². The van der Waals surface area contributed by atoms with Crippen molar-refractivity contribution < 1.29 is 8.78 Å². The molecule has 1 atom stereocenters. The fourth-order valence-corrected chi connectivity index (χ4v) is 1.37. The van der Waals surface area contributed by atoms with Crippen molar-refractivity contribution in [3.05, 3.63) is 35.5 Å². The minimum Gasteiger partial charge on any atom is -0.329 e. The summed E-state index contributed by atoms with van der Waals surface area (Å²) in [6.07, 6.45) is 7.58. The SMILES string of the molecule is CC1=CC(F)=CC(F)=CC1.CCCCC(N)CN. The van der Waals surface area contributed by atoms with Crippen LogP contribution in [0.1, 0.15) is 39.5 Å². The third-order valence-corrected chi connectivity index (χ3v) is 2.51. The molecule has 0 aromatic carbocycles. The number of allylic oxidation sites excluding steroid dienone is 6. The maximum absolute atomic E-state index is 12.4. The largest absolute Gasteiger partial charge is 0.329 e. The lowest BCUT2D eigenvalue weighted by Crippen LogP contribution is -2.29. The van der Waals surface area contributed by atoms with Crippen molar-refractivity contribution >= 4 is 0 Å². The van der Waals surface area contributed by atoms with Gasteiger partial charge < -0.3 is 11.5 Å². The van der Waals surface area contributed by atoms with Crippen LogP contribution < -0.4 is 11.5 Å². The van der Waals surface area contributed by atoms with E-state index in [0.29, 0.717) is 13.0 Å². The molecule has 1 unspecified atom stereocenters. The second-order valence-corrected chi connectivity index (χ2v) is 4.45. The van der Waals surface area contributed by atoms with Crippen LogP contribution in [-0.4, -0.2) is 12.6 Å². The van der Waals surface area contributed by atoms with Crippen LogP contribution >= 0.6 is 0 Å². The summed E-state index contributed by atoms with van der Waals surface area (Å²) in [5.41, 5.74) is 11.7. The first-order valence-electron chi connectivity index (χ1n) is 6.35. The molecule has 0 amide bonds. The summed E-state index contributed by atoms with van der Waals surface area (Å²) in [6, 6.07) is 0.231. The Labute approximate surface area is 108 Å². The monoisotopic (exact) mass is 258 g/mol. The van der Waals surface area contributed by atoms with E-state index in [-0.39, 0.29) is 6.04 Å². The molecule has 1 rings (SSSR count). The van der Waals surface area contributed by atoms with Crippen molar-refractivity contribution in [3.8, 4) is 0 Å². The number of hydrogen-bond acceptors (Lipinski definition) is 2. The maximum atomic E-state index is 12.4. The van der Waals surface area contributed by atoms with E-state index < -0.39 is 11.7 Å². The molecule has 2 nitrogen and oxygen atoms in total. The summed E-state index contributed by atoms with van der Waals surface area (Å²) >= 11 is 0. The molecule has 0 aromatic heterocycles. The van der Waals surface area contributed by atoms with Gasteiger partial charge in [0.15, 0.2) is 0 Å². The van der Waals surface area contributed by atoms with Gasteiger partial charge in [0, 0.05) is 18.7 Å². The first kappa shape index (κ1) is 17.0. The van der Waals surface area contributed by atoms with Crippen LogP contribution in [0.4, 0.5) is 8.78 Å². The van der Waals surface area contributed by atoms with Gasteiger partial charge in [0.1, 0.15) is 11.7 Å². The first-order chi connectivity index (χ1) is 8.49. The summed E-state index contributed by atoms with van der Waals surface area (Å²) in [5, 5.41) is 0. The minimum absolute atomic E-state index is 0.231. The molecule has 0 radical (unpaired) electrons. The predicted octanol–water partition coefficient (Wildman–Crippen LogP) is 3.51. The summed E-state index contributed by atoms with van der Waals surface area (Å²) < 4.78 is 24.8. The van der Waals surface area contributed by atoms with Crippen molar-refractivity contribution in [3.63, 3.8) is 0 Å². The number of halogens is 2. The van der Waals surface area contributed by atoms with Gasteiger partial charge in [0.25, 0.3) is 0 Å². The Morgan fingerprint density at radius 2 is 1.94 bits per heavy atom. The van der Waals surface area contributed by atoms with Gasteiger partial charge >= 0.3 is 0 Å². The highest BCUT2D eigenvalue weighted by molar-refractivity contribution is 5.29. The standard InChI is InChI=1S/C8H8F2.C6H16N2/c1-6-2-3-7(9)5-8(10)4-6;1-2-3-4-6(8)5-7/h3-5H,2H2,1H3;6H,2-5,7-8H2,1H3. The second kappa shape index (κ2) is 9.97. The smallest absolute Gasteiger partial charge is 0.126 e. The van der Waals surface area contributed by atoms with E-state index in [2.05, 4.69) is 6.92 Å². The maximum Gasteiger partial charge on any atom is 0.126 e. The molecule has 0 spiro atoms. The van der Waals surface area contributed by atoms with Crippen molar-refractivity contribution in [2.45, 2.75) is 45.6 Å². The van der Waals surface area contributed by atoms with Crippen molar-refractivity contribution in [2.24, 2.45) is 11.5 Å². The number of nitrogens with two attached hydrogens (primary N) is 2. The third-order valence-electron chi connectivity index (χ3n) is 2.51. The zero-order chi connectivity index (χ0) is 14.0. The average molecular weight is 258 g/mol. The average Bonchev–Trinajstić information content (AvgIpc) is 2.47. The summed E-state index contributed by atoms with van der Waals surface area (Å²) in [7, 11) is 0. The molecule has 4 heteroatoms. The van der Waals surface area contributed by atoms with E-state index in [1.165, 1.54) is 25.0 Å². The second-order valence-electron chi connectivity index (χ2n) is 4.45. The van der Waals surface area contributed by atoms with E-state index >= 15 is 0 Å². The molecule has 0 heterocycles. The van der Waals surface area contributed by atoms with Gasteiger partial charge in [-0.1, -0.05) is 25.3 Å². The molecule has 104 valence electrons. The highest BCUT2D eigenvalue weighted by Crippen LogP contribution is 2.17. The van der Waals surface area contributed by atoms with Crippen LogP contribution in [-0.2, 0) is 0 Å². The zero-order valence-corrected chi connectivity index (χ0v) is 11.3. The molecule has 0 fully saturated rings. The van der Waals surface area contributed by atoms with Crippen LogP contribution in [0.2, 0.25) is 0 Å². The third kappa shape index (κ3) is 9.07. The highest BCUT2D eigenvalue weighted by Gasteiger charge is 2.00. The number of rotatable bonds is 4. The Morgan fingerprint density at radius 1 is 1.28 bits per heavy atom. The minimum atomic E-state index is -0.510. The quantitative estimate of drug-likeness (QED) is 0.810. The van der Waals surface area contributed by atoms with Crippen LogP contribution in [0.3, 0.4) is 0 Å². The van der Waals surface area contributed by atoms with Crippen LogP contribution in [0, 0.1) is 0 Å². The van der Waals surface area contributed by atoms with E-state index in [1.807, 2.05) is 0 Å². The zero-order valence-electron chi connectivity index (χ0n) is 11.3. The highest BCUT2D eigenvalue weighted by atomic mass is 19.1. The van der Waals surface area contributed by atoms with Gasteiger partial charge in [-0.15, -0.1) is 0 Å². The van der Waals surface area contributed by atoms with Crippen molar-refractivity contribution in [1.82, 2.24) is 0 Å². The van der Waals surface area contributed by atoms with Crippen molar-refractivity contribution in [1.29, 1.82) is 0 Å². The Balaban J connectivity index is 0.000000331. The first-order valence-corrected chi connectivity index (χ1v) is 6.35. The molecule has 0 bridgehead atoms. The topological polar surface area (TPSA) is 52.0 Å². The lowest BCUT2D eigenvalue weighted by molar-refractivity contribution is 0.584. The molecule has 0 aromatic rings. The Bertz CT molecular complexity index is 320. The Morgan fingerprint density at radius 3 is 2.50 bits per heavy atom. The number of unbranched alkanes of at least 4 members (excludes halogenated alkanes) is 1. The summed E-state index contributed by atoms with van der Waals surface area (Å²) in [4.78, 5) is 0. The van der Waals surface area contributed by atoms with Crippen LogP contribution in [0.5, 0.6) is 0 Å². The molecule has 0 aliphatic heterocycles. The van der Waals surface area contributed by atoms with Crippen LogP contribution in [0.25, 0.3) is 0 Å². The van der Waals surface area contributed by atoms with E-state index in [0.717, 1.165) is 18.1 Å². The molecule has 18 heavy (non-hydrogen) atoms. The molecule has 1 aliphatic carbocycles. The van der Waals surface area contributed by atoms with Gasteiger partial charge in [-0.3, -0.25) is 0 Å². The van der Waals surface area contributed by atoms with E-state index in [4.69, 9.17) is 11.5 Å². The Hall–Kier alpha value is -1.00. The Kier molecular flexibility index (Phi) is 9.42. The van der Waals surface area contributed by atoms with Crippen LogP contribution in [0.15, 0.2) is 35.5 Å². The fourth-order valence-electron chi connectivity index (χ4n) is 1.37. The van der Waals surface area contributed by atoms with Gasteiger partial charge in [-0.2, -0.15) is 0 Å². The molecule has 0 saturated carbocycles. The lowest BCUT2D eigenvalue weighted by Gasteiger charge is -2.04. The lowest BCUT2D eigenvalue weighted by atomic mass is 10.1. The van der Waals surface area contributed by atoms with E-state index in [1.54, 1.807) is 6.92 Å². The molecular formula is C14H24F2N2. The fraction of sp³-hybridized carbons (Fsp3) is 0.571. The summed E-state index contributed by atoms with van der Waals surface area (Å²) in [6.45, 7) is 4.55. The molecule has 4 N–H and O–H groups in total. The van der Waals surface area contributed by atoms with Gasteiger partial charge in [-0.05, 0) is 31.9 Å². The predicted molar refractivity (Wildman–Crippen MR) is 73.3 cm³/mol. The molecule has 1 aliphatic rings. The van der Waals surface area contributed by atoms with Gasteiger partial charge in [0.05, 0.1) is 0 Å². The normalized spacial score (nSPS) is 16.7.